The fourth-order valence-electron chi connectivity index (χ4n) is 1.70. The smallest absolute Gasteiger partial charge is 0.305 e. The molecule has 5 nitrogen and oxygen atoms in total. The minimum absolute atomic E-state index is 0.251. The molecule has 1 rings (SSSR count). The number of carbonyl (C=O) groups is 1. The van der Waals surface area contributed by atoms with Crippen molar-refractivity contribution in [1.29, 1.82) is 0 Å². The van der Waals surface area contributed by atoms with Crippen molar-refractivity contribution in [2.24, 2.45) is 0 Å². The lowest BCUT2D eigenvalue weighted by Crippen LogP contribution is -2.29. The van der Waals surface area contributed by atoms with Crippen LogP contribution in [-0.4, -0.2) is 47.8 Å². The number of hydrogen-bond donors (Lipinski definition) is 1. The van der Waals surface area contributed by atoms with E-state index in [0.717, 1.165) is 12.1 Å². The Labute approximate surface area is 107 Å². The van der Waals surface area contributed by atoms with Crippen LogP contribution in [0.25, 0.3) is 0 Å². The molecular formula is C13H20N2O3. The van der Waals surface area contributed by atoms with Gasteiger partial charge in [0.2, 0.25) is 0 Å². The molecule has 100 valence electrons. The van der Waals surface area contributed by atoms with E-state index in [1.807, 2.05) is 24.1 Å². The summed E-state index contributed by atoms with van der Waals surface area (Å²) in [5, 5.41) is 9.78. The molecule has 0 amide bonds. The van der Waals surface area contributed by atoms with E-state index in [1.54, 1.807) is 12.4 Å². The largest absolute Gasteiger partial charge is 0.469 e. The van der Waals surface area contributed by atoms with Crippen LogP contribution in [-0.2, 0) is 16.1 Å². The topological polar surface area (TPSA) is 62.7 Å². The summed E-state index contributed by atoms with van der Waals surface area (Å²) in [7, 11) is 3.28. The quantitative estimate of drug-likeness (QED) is 0.728. The maximum atomic E-state index is 10.9. The fraction of sp³-hybridized carbons (Fsp3) is 0.538. The van der Waals surface area contributed by atoms with Gasteiger partial charge in [0.15, 0.2) is 0 Å². The van der Waals surface area contributed by atoms with Crippen molar-refractivity contribution in [3.8, 4) is 0 Å². The van der Waals surface area contributed by atoms with Gasteiger partial charge in [0.25, 0.3) is 0 Å². The number of rotatable bonds is 7. The van der Waals surface area contributed by atoms with Crippen molar-refractivity contribution in [1.82, 2.24) is 9.88 Å². The third kappa shape index (κ3) is 5.75. The van der Waals surface area contributed by atoms with Crippen molar-refractivity contribution in [3.05, 3.63) is 30.1 Å². The molecule has 0 saturated heterocycles. The molecule has 0 fully saturated rings. The number of nitrogens with zero attached hydrogens (tertiary/aromatic N) is 2. The molecule has 0 aliphatic carbocycles. The molecule has 0 bridgehead atoms. The highest BCUT2D eigenvalue weighted by Gasteiger charge is 2.11. The van der Waals surface area contributed by atoms with Crippen LogP contribution in [0.15, 0.2) is 24.5 Å². The molecule has 1 aromatic heterocycles. The highest BCUT2D eigenvalue weighted by molar-refractivity contribution is 5.69. The van der Waals surface area contributed by atoms with Crippen LogP contribution in [0.1, 0.15) is 18.4 Å². The Bertz CT molecular complexity index is 357. The van der Waals surface area contributed by atoms with Crippen molar-refractivity contribution < 1.29 is 14.6 Å². The van der Waals surface area contributed by atoms with Crippen LogP contribution < -0.4 is 0 Å². The van der Waals surface area contributed by atoms with E-state index in [2.05, 4.69) is 9.72 Å². The van der Waals surface area contributed by atoms with Crippen LogP contribution in [0, 0.1) is 0 Å². The SMILES string of the molecule is COC(=O)CCC(O)CN(C)Cc1ccncc1. The molecule has 0 aliphatic rings. The Kier molecular flexibility index (Phi) is 6.32. The Morgan fingerprint density at radius 3 is 2.78 bits per heavy atom. The molecule has 1 aromatic rings. The second-order valence-corrected chi connectivity index (χ2v) is 4.32. The third-order valence-electron chi connectivity index (χ3n) is 2.63. The van der Waals surface area contributed by atoms with Crippen LogP contribution in [0.3, 0.4) is 0 Å². The standard InChI is InChI=1S/C13H20N2O3/c1-15(9-11-5-7-14-8-6-11)10-12(16)3-4-13(17)18-2/h5-8,12,16H,3-4,9-10H2,1-2H3. The maximum Gasteiger partial charge on any atom is 0.305 e. The number of carbonyl (C=O) groups excluding carboxylic acids is 1. The number of ether oxygens (including phenoxy) is 1. The van der Waals surface area contributed by atoms with Gasteiger partial charge in [-0.05, 0) is 31.2 Å². The zero-order chi connectivity index (χ0) is 13.4. The molecule has 0 radical (unpaired) electrons. The van der Waals surface area contributed by atoms with E-state index in [1.165, 1.54) is 7.11 Å². The summed E-state index contributed by atoms with van der Waals surface area (Å²) in [6, 6.07) is 3.88. The summed E-state index contributed by atoms with van der Waals surface area (Å²) < 4.78 is 4.53. The first-order chi connectivity index (χ1) is 8.61. The first kappa shape index (κ1) is 14.6. The first-order valence-corrected chi connectivity index (χ1v) is 5.94. The molecule has 1 atom stereocenters. The predicted molar refractivity (Wildman–Crippen MR) is 67.8 cm³/mol. The average Bonchev–Trinajstić information content (AvgIpc) is 2.37. The van der Waals surface area contributed by atoms with Gasteiger partial charge < -0.3 is 9.84 Å². The van der Waals surface area contributed by atoms with Gasteiger partial charge in [0, 0.05) is 31.9 Å². The molecule has 1 N–H and O–H groups in total. The average molecular weight is 252 g/mol. The van der Waals surface area contributed by atoms with Crippen LogP contribution in [0.4, 0.5) is 0 Å². The minimum atomic E-state index is -0.518. The van der Waals surface area contributed by atoms with Gasteiger partial charge in [-0.15, -0.1) is 0 Å². The van der Waals surface area contributed by atoms with Crippen molar-refractivity contribution in [3.63, 3.8) is 0 Å². The van der Waals surface area contributed by atoms with Gasteiger partial charge in [-0.2, -0.15) is 0 Å². The number of aromatic nitrogens is 1. The molecule has 5 heteroatoms. The highest BCUT2D eigenvalue weighted by atomic mass is 16.5. The Hall–Kier alpha value is -1.46. The number of hydrogen-bond acceptors (Lipinski definition) is 5. The lowest BCUT2D eigenvalue weighted by molar-refractivity contribution is -0.141. The lowest BCUT2D eigenvalue weighted by Gasteiger charge is -2.20. The van der Waals surface area contributed by atoms with E-state index in [4.69, 9.17) is 0 Å². The van der Waals surface area contributed by atoms with Gasteiger partial charge in [-0.3, -0.25) is 14.7 Å². The van der Waals surface area contributed by atoms with Crippen LogP contribution in [0.5, 0.6) is 0 Å². The monoisotopic (exact) mass is 252 g/mol. The zero-order valence-electron chi connectivity index (χ0n) is 10.9. The summed E-state index contributed by atoms with van der Waals surface area (Å²) >= 11 is 0. The van der Waals surface area contributed by atoms with Gasteiger partial charge >= 0.3 is 5.97 Å². The zero-order valence-corrected chi connectivity index (χ0v) is 10.9. The number of aliphatic hydroxyl groups excluding tert-OH is 1. The lowest BCUT2D eigenvalue weighted by atomic mass is 10.2. The first-order valence-electron chi connectivity index (χ1n) is 5.94. The number of likely N-dealkylation sites (N-methyl/N-ethyl adjacent to an activating group) is 1. The number of pyridine rings is 1. The van der Waals surface area contributed by atoms with E-state index in [0.29, 0.717) is 13.0 Å². The summed E-state index contributed by atoms with van der Waals surface area (Å²) in [5.74, 6) is -0.286. The van der Waals surface area contributed by atoms with E-state index < -0.39 is 6.10 Å². The molecule has 0 aromatic carbocycles. The molecule has 0 spiro atoms. The van der Waals surface area contributed by atoms with Crippen LogP contribution >= 0.6 is 0 Å². The van der Waals surface area contributed by atoms with Gasteiger partial charge in [0.1, 0.15) is 0 Å². The van der Waals surface area contributed by atoms with Crippen molar-refractivity contribution in [2.45, 2.75) is 25.5 Å². The molecule has 18 heavy (non-hydrogen) atoms. The van der Waals surface area contributed by atoms with Crippen molar-refractivity contribution >= 4 is 5.97 Å². The van der Waals surface area contributed by atoms with Gasteiger partial charge in [-0.25, -0.2) is 0 Å². The van der Waals surface area contributed by atoms with Crippen LogP contribution in [0.2, 0.25) is 0 Å². The summed E-state index contributed by atoms with van der Waals surface area (Å²) in [6.45, 7) is 1.27. The van der Waals surface area contributed by atoms with Crippen molar-refractivity contribution in [2.75, 3.05) is 20.7 Å². The third-order valence-corrected chi connectivity index (χ3v) is 2.63. The second-order valence-electron chi connectivity index (χ2n) is 4.32. The Morgan fingerprint density at radius 1 is 1.50 bits per heavy atom. The molecule has 0 aliphatic heterocycles. The number of aliphatic hydroxyl groups is 1. The summed E-state index contributed by atoms with van der Waals surface area (Å²) in [5.41, 5.74) is 1.15. The Balaban J connectivity index is 2.27. The van der Waals surface area contributed by atoms with E-state index in [9.17, 15) is 9.90 Å². The fourth-order valence-corrected chi connectivity index (χ4v) is 1.70. The number of methoxy groups -OCH3 is 1. The normalized spacial score (nSPS) is 12.4. The summed E-state index contributed by atoms with van der Waals surface area (Å²) in [6.07, 6.45) is 3.65. The van der Waals surface area contributed by atoms with E-state index in [-0.39, 0.29) is 12.4 Å². The molecule has 1 heterocycles. The highest BCUT2D eigenvalue weighted by Crippen LogP contribution is 2.05. The summed E-state index contributed by atoms with van der Waals surface area (Å²) in [4.78, 5) is 16.9. The molecule has 1 unspecified atom stereocenters. The predicted octanol–water partition coefficient (Wildman–Crippen LogP) is 0.827. The van der Waals surface area contributed by atoms with Gasteiger partial charge in [0.05, 0.1) is 13.2 Å². The van der Waals surface area contributed by atoms with E-state index >= 15 is 0 Å². The maximum absolute atomic E-state index is 10.9. The molecule has 0 saturated carbocycles. The molecular weight excluding hydrogens is 232 g/mol. The Morgan fingerprint density at radius 2 is 2.17 bits per heavy atom. The minimum Gasteiger partial charge on any atom is -0.469 e. The number of esters is 1. The van der Waals surface area contributed by atoms with Gasteiger partial charge in [-0.1, -0.05) is 0 Å². The second kappa shape index (κ2) is 7.79.